The molecule has 1 atom stereocenters. The molecule has 0 aromatic heterocycles. The van der Waals surface area contributed by atoms with Crippen molar-refractivity contribution in [3.05, 3.63) is 23.3 Å². The smallest absolute Gasteiger partial charge is 0.231 e. The van der Waals surface area contributed by atoms with Crippen LogP contribution < -0.4 is 9.47 Å². The molecular formula is C10H12O3. The Kier molecular flexibility index (Phi) is 1.88. The molecule has 1 aliphatic rings. The number of aryl methyl sites for hydroxylation is 1. The molecule has 0 saturated carbocycles. The van der Waals surface area contributed by atoms with Gasteiger partial charge in [-0.25, -0.2) is 0 Å². The summed E-state index contributed by atoms with van der Waals surface area (Å²) in [6, 6.07) is 3.79. The predicted molar refractivity (Wildman–Crippen MR) is 47.9 cm³/mol. The molecule has 1 N–H and O–H groups in total. The van der Waals surface area contributed by atoms with Gasteiger partial charge >= 0.3 is 0 Å². The molecule has 3 nitrogen and oxygen atoms in total. The minimum Gasteiger partial charge on any atom is -0.454 e. The summed E-state index contributed by atoms with van der Waals surface area (Å²) in [6.45, 7) is 3.92. The van der Waals surface area contributed by atoms with Crippen LogP contribution in [-0.4, -0.2) is 11.9 Å². The first-order chi connectivity index (χ1) is 6.20. The summed E-state index contributed by atoms with van der Waals surface area (Å²) in [5, 5.41) is 9.53. The van der Waals surface area contributed by atoms with Gasteiger partial charge in [0, 0.05) is 5.56 Å². The highest BCUT2D eigenvalue weighted by Gasteiger charge is 2.21. The second-order valence-electron chi connectivity index (χ2n) is 3.21. The fourth-order valence-corrected chi connectivity index (χ4v) is 1.61. The lowest BCUT2D eigenvalue weighted by Gasteiger charge is -2.11. The van der Waals surface area contributed by atoms with E-state index in [2.05, 4.69) is 0 Å². The van der Waals surface area contributed by atoms with Gasteiger partial charge in [-0.1, -0.05) is 6.07 Å². The first-order valence-electron chi connectivity index (χ1n) is 4.27. The minimum atomic E-state index is -0.517. The van der Waals surface area contributed by atoms with Gasteiger partial charge in [0.25, 0.3) is 0 Å². The van der Waals surface area contributed by atoms with E-state index in [-0.39, 0.29) is 6.79 Å². The van der Waals surface area contributed by atoms with Crippen molar-refractivity contribution in [2.24, 2.45) is 0 Å². The summed E-state index contributed by atoms with van der Waals surface area (Å²) < 4.78 is 10.5. The summed E-state index contributed by atoms with van der Waals surface area (Å²) in [7, 11) is 0. The van der Waals surface area contributed by atoms with Crippen LogP contribution in [0, 0.1) is 6.92 Å². The highest BCUT2D eigenvalue weighted by molar-refractivity contribution is 5.52. The molecule has 1 aromatic carbocycles. The Hall–Kier alpha value is -1.22. The molecule has 0 saturated heterocycles. The SMILES string of the molecule is Cc1ccc2c(c1C(C)O)OCO2. The number of hydrogen-bond acceptors (Lipinski definition) is 3. The Morgan fingerprint density at radius 3 is 2.85 bits per heavy atom. The molecule has 0 fully saturated rings. The van der Waals surface area contributed by atoms with E-state index in [1.54, 1.807) is 6.92 Å². The Morgan fingerprint density at radius 1 is 1.38 bits per heavy atom. The number of benzene rings is 1. The van der Waals surface area contributed by atoms with Crippen LogP contribution in [0.4, 0.5) is 0 Å². The number of aliphatic hydroxyl groups is 1. The average Bonchev–Trinajstić information content (AvgIpc) is 2.50. The van der Waals surface area contributed by atoms with Crippen LogP contribution in [0.5, 0.6) is 11.5 Å². The quantitative estimate of drug-likeness (QED) is 0.715. The van der Waals surface area contributed by atoms with Gasteiger partial charge < -0.3 is 14.6 Å². The number of ether oxygens (including phenoxy) is 2. The fraction of sp³-hybridized carbons (Fsp3) is 0.400. The van der Waals surface area contributed by atoms with E-state index in [1.807, 2.05) is 19.1 Å². The number of hydrogen-bond donors (Lipinski definition) is 1. The van der Waals surface area contributed by atoms with Gasteiger partial charge in [-0.2, -0.15) is 0 Å². The first kappa shape index (κ1) is 8.38. The van der Waals surface area contributed by atoms with E-state index < -0.39 is 6.10 Å². The Labute approximate surface area is 76.9 Å². The molecule has 2 rings (SSSR count). The monoisotopic (exact) mass is 180 g/mol. The van der Waals surface area contributed by atoms with Crippen molar-refractivity contribution in [3.8, 4) is 11.5 Å². The number of fused-ring (bicyclic) bond motifs is 1. The second-order valence-corrected chi connectivity index (χ2v) is 3.21. The van der Waals surface area contributed by atoms with Crippen LogP contribution in [0.25, 0.3) is 0 Å². The van der Waals surface area contributed by atoms with Crippen LogP contribution in [0.1, 0.15) is 24.2 Å². The molecule has 1 heterocycles. The molecule has 0 spiro atoms. The Balaban J connectivity index is 2.58. The summed E-state index contributed by atoms with van der Waals surface area (Å²) in [5.41, 5.74) is 1.86. The predicted octanol–water partition coefficient (Wildman–Crippen LogP) is 1.78. The summed E-state index contributed by atoms with van der Waals surface area (Å²) in [6.07, 6.45) is -0.517. The van der Waals surface area contributed by atoms with Gasteiger partial charge in [0.05, 0.1) is 6.10 Å². The fourth-order valence-electron chi connectivity index (χ4n) is 1.61. The topological polar surface area (TPSA) is 38.7 Å². The van der Waals surface area contributed by atoms with Crippen LogP contribution in [0.15, 0.2) is 12.1 Å². The lowest BCUT2D eigenvalue weighted by atomic mass is 10.0. The third kappa shape index (κ3) is 1.25. The minimum absolute atomic E-state index is 0.249. The van der Waals surface area contributed by atoms with Gasteiger partial charge in [-0.15, -0.1) is 0 Å². The summed E-state index contributed by atoms with van der Waals surface area (Å²) in [5.74, 6) is 1.41. The molecule has 13 heavy (non-hydrogen) atoms. The Morgan fingerprint density at radius 2 is 2.15 bits per heavy atom. The molecule has 0 aliphatic carbocycles. The van der Waals surface area contributed by atoms with Gasteiger partial charge in [-0.3, -0.25) is 0 Å². The molecule has 1 aromatic rings. The van der Waals surface area contributed by atoms with Crippen molar-refractivity contribution in [1.29, 1.82) is 0 Å². The van der Waals surface area contributed by atoms with Crippen molar-refractivity contribution in [1.82, 2.24) is 0 Å². The van der Waals surface area contributed by atoms with Crippen molar-refractivity contribution < 1.29 is 14.6 Å². The van der Waals surface area contributed by atoms with E-state index in [9.17, 15) is 5.11 Å². The third-order valence-corrected chi connectivity index (χ3v) is 2.21. The maximum Gasteiger partial charge on any atom is 0.231 e. The maximum atomic E-state index is 9.53. The molecule has 3 heteroatoms. The van der Waals surface area contributed by atoms with E-state index >= 15 is 0 Å². The molecular weight excluding hydrogens is 168 g/mol. The van der Waals surface area contributed by atoms with Crippen LogP contribution in [0.2, 0.25) is 0 Å². The molecule has 1 aliphatic heterocycles. The van der Waals surface area contributed by atoms with Crippen molar-refractivity contribution in [2.75, 3.05) is 6.79 Å². The lowest BCUT2D eigenvalue weighted by molar-refractivity contribution is 0.164. The van der Waals surface area contributed by atoms with Crippen molar-refractivity contribution >= 4 is 0 Å². The van der Waals surface area contributed by atoms with E-state index in [1.165, 1.54) is 0 Å². The first-order valence-corrected chi connectivity index (χ1v) is 4.27. The zero-order valence-corrected chi connectivity index (χ0v) is 7.70. The molecule has 0 radical (unpaired) electrons. The van der Waals surface area contributed by atoms with Crippen LogP contribution >= 0.6 is 0 Å². The molecule has 0 amide bonds. The highest BCUT2D eigenvalue weighted by atomic mass is 16.7. The van der Waals surface area contributed by atoms with Crippen LogP contribution in [-0.2, 0) is 0 Å². The van der Waals surface area contributed by atoms with Crippen LogP contribution in [0.3, 0.4) is 0 Å². The molecule has 1 unspecified atom stereocenters. The van der Waals surface area contributed by atoms with Gasteiger partial charge in [0.2, 0.25) is 6.79 Å². The van der Waals surface area contributed by atoms with E-state index in [4.69, 9.17) is 9.47 Å². The Bertz CT molecular complexity index is 331. The summed E-state index contributed by atoms with van der Waals surface area (Å²) >= 11 is 0. The third-order valence-electron chi connectivity index (χ3n) is 2.21. The largest absolute Gasteiger partial charge is 0.454 e. The molecule has 0 bridgehead atoms. The normalized spacial score (nSPS) is 15.9. The van der Waals surface area contributed by atoms with Crippen molar-refractivity contribution in [2.45, 2.75) is 20.0 Å². The number of rotatable bonds is 1. The van der Waals surface area contributed by atoms with Crippen molar-refractivity contribution in [3.63, 3.8) is 0 Å². The van der Waals surface area contributed by atoms with Gasteiger partial charge in [0.15, 0.2) is 11.5 Å². The van der Waals surface area contributed by atoms with Gasteiger partial charge in [-0.05, 0) is 25.5 Å². The standard InChI is InChI=1S/C10H12O3/c1-6-3-4-8-10(13-5-12-8)9(6)7(2)11/h3-4,7,11H,5H2,1-2H3. The number of aliphatic hydroxyl groups excluding tert-OH is 1. The zero-order chi connectivity index (χ0) is 9.42. The second kappa shape index (κ2) is 2.92. The lowest BCUT2D eigenvalue weighted by Crippen LogP contribution is -1.98. The zero-order valence-electron chi connectivity index (χ0n) is 7.70. The molecule has 70 valence electrons. The maximum absolute atomic E-state index is 9.53. The van der Waals surface area contributed by atoms with Gasteiger partial charge in [0.1, 0.15) is 0 Å². The van der Waals surface area contributed by atoms with E-state index in [0.717, 1.165) is 16.9 Å². The highest BCUT2D eigenvalue weighted by Crippen LogP contribution is 2.40. The average molecular weight is 180 g/mol. The van der Waals surface area contributed by atoms with E-state index in [0.29, 0.717) is 5.75 Å². The summed E-state index contributed by atoms with van der Waals surface area (Å²) in [4.78, 5) is 0.